The fraction of sp³-hybridized carbons (Fsp3) is 0.174. The quantitative estimate of drug-likeness (QED) is 0.530. The Labute approximate surface area is 164 Å². The number of amides is 1. The summed E-state index contributed by atoms with van der Waals surface area (Å²) in [6.45, 7) is 5.38. The Morgan fingerprint density at radius 3 is 2.46 bits per heavy atom. The fourth-order valence-corrected chi connectivity index (χ4v) is 2.83. The van der Waals surface area contributed by atoms with Gasteiger partial charge in [0.1, 0.15) is 0 Å². The molecule has 28 heavy (non-hydrogen) atoms. The van der Waals surface area contributed by atoms with Gasteiger partial charge in [-0.2, -0.15) is 0 Å². The number of fused-ring (bicyclic) bond motifs is 1. The van der Waals surface area contributed by atoms with Crippen LogP contribution in [0.25, 0.3) is 17.0 Å². The van der Waals surface area contributed by atoms with Gasteiger partial charge in [-0.25, -0.2) is 9.78 Å². The molecule has 1 heterocycles. The molecule has 0 aliphatic carbocycles. The number of benzene rings is 2. The van der Waals surface area contributed by atoms with Crippen LogP contribution in [0.2, 0.25) is 0 Å². The highest BCUT2D eigenvalue weighted by molar-refractivity contribution is 5.97. The average Bonchev–Trinajstić information content (AvgIpc) is 2.69. The van der Waals surface area contributed by atoms with Crippen LogP contribution in [0.4, 0.5) is 5.69 Å². The lowest BCUT2D eigenvalue weighted by Gasteiger charge is -2.15. The summed E-state index contributed by atoms with van der Waals surface area (Å²) >= 11 is 0. The second-order valence-electron chi connectivity index (χ2n) is 6.60. The van der Waals surface area contributed by atoms with Gasteiger partial charge in [0.15, 0.2) is 6.10 Å². The van der Waals surface area contributed by atoms with Crippen LogP contribution in [0.15, 0.2) is 60.7 Å². The number of aromatic nitrogens is 1. The number of carbonyl (C=O) groups is 2. The topological polar surface area (TPSA) is 68.3 Å². The largest absolute Gasteiger partial charge is 0.449 e. The molecule has 0 aliphatic rings. The molecule has 3 rings (SSSR count). The molecular weight excluding hydrogens is 352 g/mol. The zero-order valence-corrected chi connectivity index (χ0v) is 16.1. The maximum atomic E-state index is 12.3. The molecule has 0 aliphatic heterocycles. The SMILES string of the molecule is Cc1cccc(C)c1NC(=O)C(C)OC(=O)/C=C/c1ccc2ccccc2n1. The molecule has 1 atom stereocenters. The average molecular weight is 374 g/mol. The number of para-hydroxylation sites is 2. The maximum Gasteiger partial charge on any atom is 0.331 e. The molecule has 1 aromatic heterocycles. The first-order chi connectivity index (χ1) is 13.4. The van der Waals surface area contributed by atoms with E-state index in [2.05, 4.69) is 10.3 Å². The van der Waals surface area contributed by atoms with Crippen molar-refractivity contribution in [3.8, 4) is 0 Å². The number of nitrogens with zero attached hydrogens (tertiary/aromatic N) is 1. The van der Waals surface area contributed by atoms with E-state index in [1.807, 2.05) is 68.4 Å². The Morgan fingerprint density at radius 2 is 1.71 bits per heavy atom. The summed E-state index contributed by atoms with van der Waals surface area (Å²) in [6, 6.07) is 17.3. The highest BCUT2D eigenvalue weighted by atomic mass is 16.5. The maximum absolute atomic E-state index is 12.3. The molecule has 3 aromatic rings. The van der Waals surface area contributed by atoms with Crippen molar-refractivity contribution in [2.45, 2.75) is 26.9 Å². The van der Waals surface area contributed by atoms with E-state index in [1.165, 1.54) is 6.08 Å². The van der Waals surface area contributed by atoms with Gasteiger partial charge in [-0.15, -0.1) is 0 Å². The molecule has 0 fully saturated rings. The molecule has 0 spiro atoms. The number of ether oxygens (including phenoxy) is 1. The molecule has 1 N–H and O–H groups in total. The zero-order chi connectivity index (χ0) is 20.1. The van der Waals surface area contributed by atoms with Crippen molar-refractivity contribution in [3.63, 3.8) is 0 Å². The summed E-state index contributed by atoms with van der Waals surface area (Å²) in [5.74, 6) is -0.970. The summed E-state index contributed by atoms with van der Waals surface area (Å²) in [5, 5.41) is 3.85. The normalized spacial score (nSPS) is 12.1. The van der Waals surface area contributed by atoms with Gasteiger partial charge in [0, 0.05) is 17.1 Å². The number of esters is 1. The number of hydrogen-bond donors (Lipinski definition) is 1. The standard InChI is InChI=1S/C23H22N2O3/c1-15-7-6-8-16(2)22(15)25-23(27)17(3)28-21(26)14-13-19-12-11-18-9-4-5-10-20(18)24-19/h4-14,17H,1-3H3,(H,25,27)/b14-13+. The third kappa shape index (κ3) is 4.62. The van der Waals surface area contributed by atoms with Crippen molar-refractivity contribution >= 4 is 34.5 Å². The molecule has 5 nitrogen and oxygen atoms in total. The van der Waals surface area contributed by atoms with Crippen molar-refractivity contribution in [3.05, 3.63) is 77.5 Å². The van der Waals surface area contributed by atoms with E-state index >= 15 is 0 Å². The Kier molecular flexibility index (Phi) is 5.84. The number of rotatable bonds is 5. The van der Waals surface area contributed by atoms with Crippen molar-refractivity contribution in [2.75, 3.05) is 5.32 Å². The minimum atomic E-state index is -0.916. The van der Waals surface area contributed by atoms with Gasteiger partial charge in [0.2, 0.25) is 0 Å². The van der Waals surface area contributed by atoms with Crippen LogP contribution >= 0.6 is 0 Å². The number of hydrogen-bond acceptors (Lipinski definition) is 4. The van der Waals surface area contributed by atoms with Gasteiger partial charge in [0.25, 0.3) is 5.91 Å². The van der Waals surface area contributed by atoms with E-state index in [1.54, 1.807) is 13.0 Å². The van der Waals surface area contributed by atoms with E-state index in [4.69, 9.17) is 4.74 Å². The lowest BCUT2D eigenvalue weighted by Crippen LogP contribution is -2.30. The lowest BCUT2D eigenvalue weighted by atomic mass is 10.1. The minimum Gasteiger partial charge on any atom is -0.449 e. The third-order valence-electron chi connectivity index (χ3n) is 4.40. The third-order valence-corrected chi connectivity index (χ3v) is 4.40. The summed E-state index contributed by atoms with van der Waals surface area (Å²) in [7, 11) is 0. The van der Waals surface area contributed by atoms with E-state index < -0.39 is 12.1 Å². The predicted octanol–water partition coefficient (Wildman–Crippen LogP) is 4.44. The molecule has 142 valence electrons. The Bertz CT molecular complexity index is 1040. The van der Waals surface area contributed by atoms with E-state index in [-0.39, 0.29) is 5.91 Å². The highest BCUT2D eigenvalue weighted by Crippen LogP contribution is 2.20. The van der Waals surface area contributed by atoms with Crippen LogP contribution in [0.3, 0.4) is 0 Å². The van der Waals surface area contributed by atoms with Crippen molar-refractivity contribution in [2.24, 2.45) is 0 Å². The molecule has 0 saturated heterocycles. The first kappa shape index (κ1) is 19.3. The lowest BCUT2D eigenvalue weighted by molar-refractivity contribution is -0.148. The van der Waals surface area contributed by atoms with E-state index in [0.717, 1.165) is 27.7 Å². The number of carbonyl (C=O) groups excluding carboxylic acids is 2. The Morgan fingerprint density at radius 1 is 1.00 bits per heavy atom. The molecule has 2 aromatic carbocycles. The monoisotopic (exact) mass is 374 g/mol. The minimum absolute atomic E-state index is 0.372. The van der Waals surface area contributed by atoms with Crippen molar-refractivity contribution in [1.29, 1.82) is 0 Å². The molecule has 1 amide bonds. The van der Waals surface area contributed by atoms with Gasteiger partial charge in [-0.3, -0.25) is 4.79 Å². The van der Waals surface area contributed by atoms with E-state index in [9.17, 15) is 9.59 Å². The smallest absolute Gasteiger partial charge is 0.331 e. The number of aryl methyl sites for hydroxylation is 2. The second-order valence-corrected chi connectivity index (χ2v) is 6.60. The number of pyridine rings is 1. The molecular formula is C23H22N2O3. The van der Waals surface area contributed by atoms with Crippen LogP contribution in [-0.4, -0.2) is 23.0 Å². The number of nitrogens with one attached hydrogen (secondary N) is 1. The molecule has 0 saturated carbocycles. The van der Waals surface area contributed by atoms with Crippen LogP contribution in [0.5, 0.6) is 0 Å². The van der Waals surface area contributed by atoms with Crippen molar-refractivity contribution < 1.29 is 14.3 Å². The molecule has 1 unspecified atom stereocenters. The van der Waals surface area contributed by atoms with Crippen LogP contribution in [-0.2, 0) is 14.3 Å². The summed E-state index contributed by atoms with van der Waals surface area (Å²) < 4.78 is 5.21. The van der Waals surface area contributed by atoms with Gasteiger partial charge < -0.3 is 10.1 Å². The van der Waals surface area contributed by atoms with Gasteiger partial charge in [0.05, 0.1) is 11.2 Å². The molecule has 5 heteroatoms. The summed E-state index contributed by atoms with van der Waals surface area (Å²) in [5.41, 5.74) is 4.14. The van der Waals surface area contributed by atoms with Gasteiger partial charge in [-0.1, -0.05) is 42.5 Å². The van der Waals surface area contributed by atoms with Gasteiger partial charge >= 0.3 is 5.97 Å². The predicted molar refractivity (Wildman–Crippen MR) is 111 cm³/mol. The first-order valence-electron chi connectivity index (χ1n) is 9.05. The zero-order valence-electron chi connectivity index (χ0n) is 16.1. The van der Waals surface area contributed by atoms with Crippen LogP contribution < -0.4 is 5.32 Å². The Balaban J connectivity index is 1.61. The fourth-order valence-electron chi connectivity index (χ4n) is 2.83. The van der Waals surface area contributed by atoms with E-state index in [0.29, 0.717) is 5.69 Å². The summed E-state index contributed by atoms with van der Waals surface area (Å²) in [4.78, 5) is 28.9. The van der Waals surface area contributed by atoms with Gasteiger partial charge in [-0.05, 0) is 50.1 Å². The van der Waals surface area contributed by atoms with Crippen LogP contribution in [0.1, 0.15) is 23.7 Å². The number of anilines is 1. The summed E-state index contributed by atoms with van der Waals surface area (Å²) in [6.07, 6.45) is 1.94. The molecule has 0 bridgehead atoms. The first-order valence-corrected chi connectivity index (χ1v) is 9.05. The second kappa shape index (κ2) is 8.48. The van der Waals surface area contributed by atoms with Crippen molar-refractivity contribution in [1.82, 2.24) is 4.98 Å². The van der Waals surface area contributed by atoms with Crippen LogP contribution in [0, 0.1) is 13.8 Å². The molecule has 0 radical (unpaired) electrons. The highest BCUT2D eigenvalue weighted by Gasteiger charge is 2.18. The Hall–Kier alpha value is -3.47.